The number of hydrogen-bond acceptors (Lipinski definition) is 5. The van der Waals surface area contributed by atoms with E-state index in [1.54, 1.807) is 6.07 Å². The summed E-state index contributed by atoms with van der Waals surface area (Å²) in [5.41, 5.74) is 1.33. The Hall–Kier alpha value is -1.60. The van der Waals surface area contributed by atoms with Gasteiger partial charge in [-0.05, 0) is 37.5 Å². The number of rotatable bonds is 8. The van der Waals surface area contributed by atoms with Crippen molar-refractivity contribution in [1.29, 1.82) is 0 Å². The van der Waals surface area contributed by atoms with Gasteiger partial charge in [0.05, 0.1) is 0 Å². The highest BCUT2D eigenvalue weighted by molar-refractivity contribution is 9.10. The van der Waals surface area contributed by atoms with Crippen molar-refractivity contribution in [2.75, 3.05) is 13.2 Å². The number of oxime groups is 1. The molecule has 1 saturated carbocycles. The lowest BCUT2D eigenvalue weighted by atomic mass is 9.81. The van der Waals surface area contributed by atoms with Crippen LogP contribution in [0.4, 0.5) is 0 Å². The number of ether oxygens (including phenoxy) is 2. The maximum atomic E-state index is 11.6. The first-order valence-electron chi connectivity index (χ1n) is 8.59. The highest BCUT2D eigenvalue weighted by atomic mass is 79.9. The molecule has 6 nitrogen and oxygen atoms in total. The fraction of sp³-hybridized carbons (Fsp3) is 0.556. The summed E-state index contributed by atoms with van der Waals surface area (Å²) in [7, 11) is 0. The van der Waals surface area contributed by atoms with Crippen LogP contribution in [-0.4, -0.2) is 42.2 Å². The smallest absolute Gasteiger partial charge is 0.344 e. The summed E-state index contributed by atoms with van der Waals surface area (Å²) in [6.07, 6.45) is 2.71. The predicted octanol–water partition coefficient (Wildman–Crippen LogP) is 3.61. The van der Waals surface area contributed by atoms with Crippen molar-refractivity contribution in [3.8, 4) is 5.75 Å². The van der Waals surface area contributed by atoms with E-state index in [0.29, 0.717) is 42.6 Å². The highest BCUT2D eigenvalue weighted by Crippen LogP contribution is 2.33. The standard InChI is InChI=1S/C18H22BrNO5/c1-2-23-16-10-24-20-17(16)13-9-12(19)6-7-14(13)25-15(18(21)22)8-11-4-3-5-11/h6-7,9,11,15-16H,2-5,8,10H2,1H3,(H,21,22). The molecule has 0 bridgehead atoms. The molecule has 1 fully saturated rings. The monoisotopic (exact) mass is 411 g/mol. The zero-order valence-corrected chi connectivity index (χ0v) is 15.7. The van der Waals surface area contributed by atoms with Crippen LogP contribution in [0.25, 0.3) is 0 Å². The highest BCUT2D eigenvalue weighted by Gasteiger charge is 2.31. The van der Waals surface area contributed by atoms with Gasteiger partial charge >= 0.3 is 5.97 Å². The molecule has 7 heteroatoms. The van der Waals surface area contributed by atoms with Crippen LogP contribution < -0.4 is 4.74 Å². The molecule has 1 aliphatic heterocycles. The van der Waals surface area contributed by atoms with Crippen LogP contribution in [0.5, 0.6) is 5.75 Å². The first kappa shape index (κ1) is 18.2. The molecule has 2 unspecified atom stereocenters. The molecular weight excluding hydrogens is 390 g/mol. The van der Waals surface area contributed by atoms with Gasteiger partial charge in [0, 0.05) is 16.6 Å². The van der Waals surface area contributed by atoms with Crippen molar-refractivity contribution in [2.45, 2.75) is 44.8 Å². The molecule has 0 radical (unpaired) electrons. The quantitative estimate of drug-likeness (QED) is 0.706. The minimum absolute atomic E-state index is 0.281. The molecule has 0 spiro atoms. The average molecular weight is 412 g/mol. The van der Waals surface area contributed by atoms with Crippen LogP contribution in [0.1, 0.15) is 38.2 Å². The predicted molar refractivity (Wildman–Crippen MR) is 96.1 cm³/mol. The van der Waals surface area contributed by atoms with Crippen LogP contribution in [0.2, 0.25) is 0 Å². The van der Waals surface area contributed by atoms with Crippen molar-refractivity contribution in [3.05, 3.63) is 28.2 Å². The van der Waals surface area contributed by atoms with Crippen LogP contribution >= 0.6 is 15.9 Å². The number of aliphatic carboxylic acids is 1. The van der Waals surface area contributed by atoms with Crippen LogP contribution in [-0.2, 0) is 14.4 Å². The normalized spacial score (nSPS) is 21.2. The molecule has 0 aromatic heterocycles. The lowest BCUT2D eigenvalue weighted by Gasteiger charge is -2.28. The molecule has 0 saturated heterocycles. The van der Waals surface area contributed by atoms with Crippen molar-refractivity contribution in [3.63, 3.8) is 0 Å². The fourth-order valence-electron chi connectivity index (χ4n) is 3.05. The summed E-state index contributed by atoms with van der Waals surface area (Å²) >= 11 is 3.45. The van der Waals surface area contributed by atoms with E-state index in [2.05, 4.69) is 21.1 Å². The third-order valence-electron chi connectivity index (χ3n) is 4.60. The van der Waals surface area contributed by atoms with Crippen LogP contribution in [0.15, 0.2) is 27.8 Å². The zero-order valence-electron chi connectivity index (χ0n) is 14.1. The molecular formula is C18H22BrNO5. The Morgan fingerprint density at radius 2 is 2.28 bits per heavy atom. The topological polar surface area (TPSA) is 77.3 Å². The Kier molecular flexibility index (Phi) is 5.96. The molecule has 2 atom stereocenters. The second kappa shape index (κ2) is 8.19. The van der Waals surface area contributed by atoms with Gasteiger partial charge in [0.2, 0.25) is 0 Å². The van der Waals surface area contributed by atoms with Gasteiger partial charge in [0.25, 0.3) is 0 Å². The fourth-order valence-corrected chi connectivity index (χ4v) is 3.41. The molecule has 136 valence electrons. The van der Waals surface area contributed by atoms with E-state index in [9.17, 15) is 9.90 Å². The SMILES string of the molecule is CCOC1CON=C1c1cc(Br)ccc1OC(CC1CCC1)C(=O)O. The van der Waals surface area contributed by atoms with Gasteiger partial charge in [-0.15, -0.1) is 0 Å². The Morgan fingerprint density at radius 3 is 2.92 bits per heavy atom. The number of nitrogens with zero attached hydrogens (tertiary/aromatic N) is 1. The second-order valence-electron chi connectivity index (χ2n) is 6.33. The van der Waals surface area contributed by atoms with Gasteiger partial charge in [-0.1, -0.05) is 40.3 Å². The first-order valence-corrected chi connectivity index (χ1v) is 9.38. The minimum atomic E-state index is -0.938. The summed E-state index contributed by atoms with van der Waals surface area (Å²) in [6.45, 7) is 2.80. The number of benzene rings is 1. The van der Waals surface area contributed by atoms with Gasteiger partial charge in [0.1, 0.15) is 24.2 Å². The Labute approximate surface area is 155 Å². The summed E-state index contributed by atoms with van der Waals surface area (Å²) in [6, 6.07) is 5.45. The lowest BCUT2D eigenvalue weighted by Crippen LogP contribution is -2.32. The molecule has 1 aromatic rings. The van der Waals surface area contributed by atoms with Gasteiger partial charge in [-0.3, -0.25) is 0 Å². The molecule has 1 aliphatic carbocycles. The molecule has 2 aliphatic rings. The molecule has 3 rings (SSSR count). The number of halogens is 1. The number of carbonyl (C=O) groups is 1. The third-order valence-corrected chi connectivity index (χ3v) is 5.09. The molecule has 1 heterocycles. The maximum Gasteiger partial charge on any atom is 0.344 e. The van der Waals surface area contributed by atoms with E-state index in [-0.39, 0.29) is 6.10 Å². The van der Waals surface area contributed by atoms with E-state index in [4.69, 9.17) is 14.3 Å². The average Bonchev–Trinajstić information content (AvgIpc) is 2.99. The number of hydrogen-bond donors (Lipinski definition) is 1. The van der Waals surface area contributed by atoms with Gasteiger partial charge in [-0.25, -0.2) is 4.79 Å². The van der Waals surface area contributed by atoms with Crippen molar-refractivity contribution < 1.29 is 24.2 Å². The second-order valence-corrected chi connectivity index (χ2v) is 7.25. The zero-order chi connectivity index (χ0) is 17.8. The minimum Gasteiger partial charge on any atom is -0.479 e. The van der Waals surface area contributed by atoms with E-state index in [1.165, 1.54) is 6.42 Å². The van der Waals surface area contributed by atoms with Gasteiger partial charge < -0.3 is 19.4 Å². The Morgan fingerprint density at radius 1 is 1.48 bits per heavy atom. The molecule has 1 N–H and O–H groups in total. The van der Waals surface area contributed by atoms with Crippen molar-refractivity contribution in [1.82, 2.24) is 0 Å². The molecule has 1 aromatic carbocycles. The van der Waals surface area contributed by atoms with Gasteiger partial charge in [0.15, 0.2) is 6.10 Å². The summed E-state index contributed by atoms with van der Waals surface area (Å²) in [5, 5.41) is 13.6. The number of carboxylic acids is 1. The Balaban J connectivity index is 1.84. The van der Waals surface area contributed by atoms with Crippen LogP contribution in [0, 0.1) is 5.92 Å². The van der Waals surface area contributed by atoms with Crippen molar-refractivity contribution >= 4 is 27.6 Å². The van der Waals surface area contributed by atoms with E-state index in [1.807, 2.05) is 19.1 Å². The number of carboxylic acid groups (broad SMARTS) is 1. The first-order chi connectivity index (χ1) is 12.1. The van der Waals surface area contributed by atoms with E-state index < -0.39 is 12.1 Å². The summed E-state index contributed by atoms with van der Waals surface area (Å²) in [5.74, 6) is -0.0149. The van der Waals surface area contributed by atoms with Crippen molar-refractivity contribution in [2.24, 2.45) is 11.1 Å². The summed E-state index contributed by atoms with van der Waals surface area (Å²) < 4.78 is 12.4. The largest absolute Gasteiger partial charge is 0.479 e. The van der Waals surface area contributed by atoms with E-state index in [0.717, 1.165) is 17.3 Å². The lowest BCUT2D eigenvalue weighted by molar-refractivity contribution is -0.146. The maximum absolute atomic E-state index is 11.6. The third kappa shape index (κ3) is 4.33. The van der Waals surface area contributed by atoms with E-state index >= 15 is 0 Å². The van der Waals surface area contributed by atoms with Gasteiger partial charge in [-0.2, -0.15) is 0 Å². The molecule has 25 heavy (non-hydrogen) atoms. The Bertz CT molecular complexity index is 659. The summed E-state index contributed by atoms with van der Waals surface area (Å²) in [4.78, 5) is 16.8. The van der Waals surface area contributed by atoms with Crippen LogP contribution in [0.3, 0.4) is 0 Å². The molecule has 0 amide bonds.